The average molecular weight is 406 g/mol. The summed E-state index contributed by atoms with van der Waals surface area (Å²) in [5.74, 6) is -0.725. The number of aryl methyl sites for hydroxylation is 1. The Balaban J connectivity index is 1.82. The van der Waals surface area contributed by atoms with Crippen molar-refractivity contribution in [3.8, 4) is 5.75 Å². The van der Waals surface area contributed by atoms with Gasteiger partial charge >= 0.3 is 5.97 Å². The molecule has 2 aromatic rings. The first-order valence-corrected chi connectivity index (χ1v) is 10.1. The molecule has 9 heteroatoms. The normalized spacial score (nSPS) is 12.1. The van der Waals surface area contributed by atoms with Gasteiger partial charge < -0.3 is 14.8 Å². The number of primary sulfonamides is 1. The molecule has 0 saturated carbocycles. The number of hydrogen-bond acceptors (Lipinski definition) is 6. The van der Waals surface area contributed by atoms with Crippen molar-refractivity contribution in [2.75, 3.05) is 11.9 Å². The topological polar surface area (TPSA) is 125 Å². The minimum absolute atomic E-state index is 0.0749. The highest BCUT2D eigenvalue weighted by atomic mass is 32.2. The van der Waals surface area contributed by atoms with Gasteiger partial charge in [0.15, 0.2) is 12.7 Å². The highest BCUT2D eigenvalue weighted by Crippen LogP contribution is 2.14. The maximum atomic E-state index is 12.1. The molecule has 0 radical (unpaired) electrons. The van der Waals surface area contributed by atoms with Crippen LogP contribution in [0.4, 0.5) is 5.69 Å². The number of nitrogens with one attached hydrogen (secondary N) is 1. The maximum Gasteiger partial charge on any atom is 0.344 e. The van der Waals surface area contributed by atoms with Crippen LogP contribution in [0.5, 0.6) is 5.75 Å². The zero-order valence-electron chi connectivity index (χ0n) is 15.5. The predicted octanol–water partition coefficient (Wildman–Crippen LogP) is 1.85. The van der Waals surface area contributed by atoms with E-state index in [0.29, 0.717) is 11.4 Å². The van der Waals surface area contributed by atoms with E-state index in [-0.39, 0.29) is 11.5 Å². The quantitative estimate of drug-likeness (QED) is 0.645. The molecule has 0 bridgehead atoms. The first-order valence-electron chi connectivity index (χ1n) is 8.54. The van der Waals surface area contributed by atoms with Gasteiger partial charge in [0.05, 0.1) is 4.90 Å². The Kier molecular flexibility index (Phi) is 7.13. The Morgan fingerprint density at radius 2 is 1.68 bits per heavy atom. The second-order valence-electron chi connectivity index (χ2n) is 5.98. The van der Waals surface area contributed by atoms with E-state index < -0.39 is 28.0 Å². The molecule has 8 nitrogen and oxygen atoms in total. The summed E-state index contributed by atoms with van der Waals surface area (Å²) in [7, 11) is -3.81. The van der Waals surface area contributed by atoms with Gasteiger partial charge in [-0.25, -0.2) is 18.4 Å². The first-order chi connectivity index (χ1) is 13.2. The lowest BCUT2D eigenvalue weighted by Crippen LogP contribution is -2.31. The van der Waals surface area contributed by atoms with Crippen LogP contribution in [0.1, 0.15) is 19.4 Å². The molecule has 0 heterocycles. The number of benzene rings is 2. The zero-order valence-corrected chi connectivity index (χ0v) is 16.4. The maximum absolute atomic E-state index is 12.1. The van der Waals surface area contributed by atoms with Crippen LogP contribution in [0.2, 0.25) is 0 Å². The SMILES string of the molecule is CCc1ccc(OCC(=O)OC(C)C(=O)Nc2ccc(S(N)(=O)=O)cc2)cc1. The molecule has 1 atom stereocenters. The fourth-order valence-electron chi connectivity index (χ4n) is 2.22. The Labute approximate surface area is 163 Å². The van der Waals surface area contributed by atoms with Crippen LogP contribution >= 0.6 is 0 Å². The third-order valence-corrected chi connectivity index (χ3v) is 4.75. The summed E-state index contributed by atoms with van der Waals surface area (Å²) in [4.78, 5) is 23.9. The van der Waals surface area contributed by atoms with Crippen molar-refractivity contribution in [2.45, 2.75) is 31.3 Å². The van der Waals surface area contributed by atoms with Gasteiger partial charge in [-0.2, -0.15) is 0 Å². The number of nitrogens with two attached hydrogens (primary N) is 1. The van der Waals surface area contributed by atoms with Crippen molar-refractivity contribution in [2.24, 2.45) is 5.14 Å². The number of esters is 1. The number of amides is 1. The molecule has 0 aliphatic carbocycles. The van der Waals surface area contributed by atoms with Crippen molar-refractivity contribution in [3.05, 3.63) is 54.1 Å². The molecule has 0 fully saturated rings. The molecule has 3 N–H and O–H groups in total. The Bertz CT molecular complexity index is 924. The van der Waals surface area contributed by atoms with Gasteiger partial charge in [0.25, 0.3) is 5.91 Å². The molecule has 0 saturated heterocycles. The van der Waals surface area contributed by atoms with E-state index in [1.165, 1.54) is 31.2 Å². The smallest absolute Gasteiger partial charge is 0.344 e. The van der Waals surface area contributed by atoms with Gasteiger partial charge in [-0.05, 0) is 55.3 Å². The second kappa shape index (κ2) is 9.34. The summed E-state index contributed by atoms with van der Waals surface area (Å²) in [6.07, 6.45) is -0.156. The van der Waals surface area contributed by atoms with Gasteiger partial charge in [0.1, 0.15) is 5.75 Å². The van der Waals surface area contributed by atoms with E-state index in [4.69, 9.17) is 14.6 Å². The summed E-state index contributed by atoms with van der Waals surface area (Å²) in [6, 6.07) is 12.6. The highest BCUT2D eigenvalue weighted by molar-refractivity contribution is 7.89. The summed E-state index contributed by atoms with van der Waals surface area (Å²) in [6.45, 7) is 3.13. The van der Waals surface area contributed by atoms with Crippen LogP contribution in [0.15, 0.2) is 53.4 Å². The Hall–Kier alpha value is -2.91. The number of carbonyl (C=O) groups excluding carboxylic acids is 2. The minimum Gasteiger partial charge on any atom is -0.482 e. The van der Waals surface area contributed by atoms with Gasteiger partial charge in [-0.3, -0.25) is 4.79 Å². The lowest BCUT2D eigenvalue weighted by Gasteiger charge is -2.14. The van der Waals surface area contributed by atoms with Crippen LogP contribution in [0.3, 0.4) is 0 Å². The lowest BCUT2D eigenvalue weighted by molar-refractivity contribution is -0.155. The molecule has 0 aliphatic rings. The lowest BCUT2D eigenvalue weighted by atomic mass is 10.2. The van der Waals surface area contributed by atoms with Crippen LogP contribution in [-0.4, -0.2) is 33.0 Å². The fourth-order valence-corrected chi connectivity index (χ4v) is 2.74. The van der Waals surface area contributed by atoms with E-state index in [1.54, 1.807) is 12.1 Å². The molecule has 2 rings (SSSR count). The van der Waals surface area contributed by atoms with Crippen molar-refractivity contribution >= 4 is 27.6 Å². The van der Waals surface area contributed by atoms with Crippen molar-refractivity contribution < 1.29 is 27.5 Å². The standard InChI is InChI=1S/C19H22N2O6S/c1-3-14-4-8-16(9-5-14)26-12-18(22)27-13(2)19(23)21-15-6-10-17(11-7-15)28(20,24)25/h4-11,13H,3,12H2,1-2H3,(H,21,23)(H2,20,24,25). The summed E-state index contributed by atoms with van der Waals surface area (Å²) < 4.78 is 32.8. The van der Waals surface area contributed by atoms with Crippen molar-refractivity contribution in [1.82, 2.24) is 0 Å². The van der Waals surface area contributed by atoms with Crippen LogP contribution in [0, 0.1) is 0 Å². The van der Waals surface area contributed by atoms with E-state index in [2.05, 4.69) is 5.32 Å². The second-order valence-corrected chi connectivity index (χ2v) is 7.54. The third kappa shape index (κ3) is 6.36. The molecule has 28 heavy (non-hydrogen) atoms. The van der Waals surface area contributed by atoms with Crippen LogP contribution in [-0.2, 0) is 30.8 Å². The molecule has 0 spiro atoms. The molecular weight excluding hydrogens is 384 g/mol. The van der Waals surface area contributed by atoms with Gasteiger partial charge in [0.2, 0.25) is 10.0 Å². The van der Waals surface area contributed by atoms with Crippen LogP contribution in [0.25, 0.3) is 0 Å². The van der Waals surface area contributed by atoms with E-state index in [0.717, 1.165) is 12.0 Å². The van der Waals surface area contributed by atoms with Crippen LogP contribution < -0.4 is 15.2 Å². The number of ether oxygens (including phenoxy) is 2. The van der Waals surface area contributed by atoms with Crippen molar-refractivity contribution in [3.63, 3.8) is 0 Å². The zero-order chi connectivity index (χ0) is 20.7. The molecule has 1 unspecified atom stereocenters. The third-order valence-electron chi connectivity index (χ3n) is 3.82. The number of sulfonamides is 1. The fraction of sp³-hybridized carbons (Fsp3) is 0.263. The first kappa shape index (κ1) is 21.4. The molecule has 1 amide bonds. The van der Waals surface area contributed by atoms with E-state index >= 15 is 0 Å². The van der Waals surface area contributed by atoms with E-state index in [9.17, 15) is 18.0 Å². The highest BCUT2D eigenvalue weighted by Gasteiger charge is 2.18. The summed E-state index contributed by atoms with van der Waals surface area (Å²) in [5.41, 5.74) is 1.49. The number of rotatable bonds is 8. The summed E-state index contributed by atoms with van der Waals surface area (Å²) >= 11 is 0. The number of carbonyl (C=O) groups is 2. The largest absolute Gasteiger partial charge is 0.482 e. The minimum atomic E-state index is -3.81. The van der Waals surface area contributed by atoms with Crippen molar-refractivity contribution in [1.29, 1.82) is 0 Å². The molecular formula is C19H22N2O6S. The van der Waals surface area contributed by atoms with Gasteiger partial charge in [-0.1, -0.05) is 19.1 Å². The molecule has 0 aromatic heterocycles. The predicted molar refractivity (Wildman–Crippen MR) is 103 cm³/mol. The number of hydrogen-bond donors (Lipinski definition) is 2. The Morgan fingerprint density at radius 3 is 2.21 bits per heavy atom. The monoisotopic (exact) mass is 406 g/mol. The number of anilines is 1. The van der Waals surface area contributed by atoms with E-state index in [1.807, 2.05) is 19.1 Å². The molecule has 0 aliphatic heterocycles. The molecule has 150 valence electrons. The van der Waals surface area contributed by atoms with Gasteiger partial charge in [0, 0.05) is 5.69 Å². The summed E-state index contributed by atoms with van der Waals surface area (Å²) in [5, 5.41) is 7.53. The Morgan fingerprint density at radius 1 is 1.07 bits per heavy atom. The van der Waals surface area contributed by atoms with Gasteiger partial charge in [-0.15, -0.1) is 0 Å². The molecule has 2 aromatic carbocycles. The average Bonchev–Trinajstić information content (AvgIpc) is 2.66.